The third kappa shape index (κ3) is 4960. The Balaban J connectivity index is -0.000000000992. The van der Waals surface area contributed by atoms with Gasteiger partial charge in [-0.3, -0.25) is 0 Å². The minimum Gasteiger partial charge on any atom is -0.222 e. The van der Waals surface area contributed by atoms with Gasteiger partial charge in [0.15, 0.2) is 0 Å². The van der Waals surface area contributed by atoms with Crippen LogP contribution < -0.4 is 0 Å². The van der Waals surface area contributed by atoms with Crippen LogP contribution in [0.25, 0.3) is 0 Å². The zero-order valence-corrected chi connectivity index (χ0v) is 8.45. The third-order valence-electron chi connectivity index (χ3n) is 0. The van der Waals surface area contributed by atoms with Crippen molar-refractivity contribution in [3.8, 4) is 0 Å². The van der Waals surface area contributed by atoms with Crippen LogP contribution in [0.2, 0.25) is 0 Å². The van der Waals surface area contributed by atoms with Crippen molar-refractivity contribution in [3.63, 3.8) is 0 Å². The summed E-state index contributed by atoms with van der Waals surface area (Å²) in [5, 5.41) is 32.4. The summed E-state index contributed by atoms with van der Waals surface area (Å²) in [6.45, 7) is 0. The first-order valence-electron chi connectivity index (χ1n) is 2.72. The van der Waals surface area contributed by atoms with Crippen LogP contribution in [0.3, 0.4) is 0 Å². The maximum atomic E-state index is 8.35. The second-order valence-corrected chi connectivity index (χ2v) is 0.612. The molecule has 47 heavy (non-hydrogen) atoms. The summed E-state index contributed by atoms with van der Waals surface area (Å²) >= 11 is 0. The molecule has 0 bridgehead atoms. The van der Waals surface area contributed by atoms with Gasteiger partial charge < -0.3 is 0 Å². The van der Waals surface area contributed by atoms with Crippen LogP contribution in [-0.4, -0.2) is 36.5 Å². The predicted octanol–water partition coefficient (Wildman–Crippen LogP) is 17.9. The van der Waals surface area contributed by atoms with Crippen molar-refractivity contribution < 1.29 is 28.8 Å². The molecule has 0 unspecified atom stereocenters. The number of nitrogens with one attached hydrogen (secondary N) is 6. The first-order chi connectivity index (χ1) is 8.49. The van der Waals surface area contributed by atoms with Crippen molar-refractivity contribution in [2.45, 2.75) is 215 Å². The van der Waals surface area contributed by atoms with E-state index < -0.39 is 0 Å². The fourth-order valence-electron chi connectivity index (χ4n) is 0. The molecular formula is C35H122N6O6. The van der Waals surface area contributed by atoms with Crippen molar-refractivity contribution in [1.82, 2.24) is 0 Å². The molecule has 0 aliphatic heterocycles. The average Bonchev–Trinajstić information content (AvgIpc) is 2.23. The molecule has 0 fully saturated rings. The molecule has 0 aliphatic carbocycles. The Morgan fingerprint density at radius 3 is 0.149 bits per heavy atom. The lowest BCUT2D eigenvalue weighted by atomic mass is 11.7. The molecule has 12 heteroatoms. The maximum Gasteiger partial charge on any atom is 0.231 e. The van der Waals surface area contributed by atoms with Gasteiger partial charge in [-0.2, -0.15) is 0 Å². The van der Waals surface area contributed by atoms with Gasteiger partial charge in [0.1, 0.15) is 0 Å². The molecule has 0 aromatic heterocycles. The van der Waals surface area contributed by atoms with Gasteiger partial charge in [0.2, 0.25) is 36.5 Å². The third-order valence-corrected chi connectivity index (χ3v) is 0. The molecule has 0 aromatic carbocycles. The summed E-state index contributed by atoms with van der Waals surface area (Å²) < 4.78 is 0. The second-order valence-electron chi connectivity index (χ2n) is 0.612. The molecule has 0 aliphatic rings. The molecular weight excluding hydrogens is 600 g/mol. The van der Waals surface area contributed by atoms with Crippen molar-refractivity contribution >= 4 is 36.5 Å². The molecule has 0 saturated carbocycles. The molecule has 0 atom stereocenters. The second kappa shape index (κ2) is 13900. The van der Waals surface area contributed by atoms with Crippen molar-refractivity contribution in [2.24, 2.45) is 0 Å². The Hall–Kier alpha value is -3.72. The number of isocyanates is 6. The van der Waals surface area contributed by atoms with Crippen molar-refractivity contribution in [3.05, 3.63) is 0 Å². The molecule has 0 radical (unpaired) electrons. The van der Waals surface area contributed by atoms with Gasteiger partial charge in [0.25, 0.3) is 0 Å². The summed E-state index contributed by atoms with van der Waals surface area (Å²) in [6, 6.07) is 0. The van der Waals surface area contributed by atoms with Gasteiger partial charge in [0, 0.05) is 0 Å². The van der Waals surface area contributed by atoms with Crippen LogP contribution in [0.15, 0.2) is 0 Å². The summed E-state index contributed by atoms with van der Waals surface area (Å²) in [6.07, 6.45) is 4.50. The number of hydrogen-bond acceptors (Lipinski definition) is 12. The van der Waals surface area contributed by atoms with E-state index in [0.29, 0.717) is 0 Å². The highest BCUT2D eigenvalue weighted by molar-refractivity contribution is 5.27. The average molecular weight is 723 g/mol. The summed E-state index contributed by atoms with van der Waals surface area (Å²) in [4.78, 5) is 50.1. The van der Waals surface area contributed by atoms with E-state index in [2.05, 4.69) is 0 Å². The Morgan fingerprint density at radius 2 is 0.149 bits per heavy atom. The zero-order chi connectivity index (χ0) is 16.2. The van der Waals surface area contributed by atoms with Crippen LogP contribution in [0.5, 0.6) is 0 Å². The van der Waals surface area contributed by atoms with E-state index in [1.54, 1.807) is 0 Å². The Bertz CT molecular complexity index is 270. The molecule has 0 spiro atoms. The van der Waals surface area contributed by atoms with E-state index in [9.17, 15) is 0 Å². The highest BCUT2D eigenvalue weighted by atomic mass is 16.1. The lowest BCUT2D eigenvalue weighted by Crippen LogP contribution is -1.16. The molecule has 0 rings (SSSR count). The summed E-state index contributed by atoms with van der Waals surface area (Å²) in [5.74, 6) is 0. The van der Waals surface area contributed by atoms with Gasteiger partial charge in [-0.25, -0.2) is 61.2 Å². The van der Waals surface area contributed by atoms with Crippen molar-refractivity contribution in [2.75, 3.05) is 0 Å². The van der Waals surface area contributed by atoms with Crippen LogP contribution >= 0.6 is 0 Å². The largest absolute Gasteiger partial charge is 0.231 e. The zero-order valence-electron chi connectivity index (χ0n) is 8.45. The molecule has 0 heterocycles. The fraction of sp³-hybridized carbons (Fsp3) is 0.829. The fourth-order valence-corrected chi connectivity index (χ4v) is 0. The minimum absolute atomic E-state index is 0. The number of rotatable bonds is 0. The van der Waals surface area contributed by atoms with Gasteiger partial charge in [-0.05, 0) is 0 Å². The smallest absolute Gasteiger partial charge is 0.222 e. The Kier molecular flexibility index (Phi) is 333000. The number of hydrogen-bond donors (Lipinski definition) is 6. The Labute approximate surface area is 312 Å². The normalized spacial score (nSPS) is 1.02. The molecule has 0 saturated heterocycles. The maximum absolute atomic E-state index is 8.35. The predicted molar refractivity (Wildman–Crippen MR) is 246 cm³/mol. The van der Waals surface area contributed by atoms with E-state index in [0.717, 1.165) is 36.5 Å². The van der Waals surface area contributed by atoms with Gasteiger partial charge in [-0.15, -0.1) is 0 Å². The van der Waals surface area contributed by atoms with Crippen molar-refractivity contribution in [1.29, 1.82) is 32.5 Å². The molecule has 0 aromatic rings. The highest BCUT2D eigenvalue weighted by Gasteiger charge is 1.05. The van der Waals surface area contributed by atoms with Gasteiger partial charge in [0.05, 0.1) is 0 Å². The van der Waals surface area contributed by atoms with Crippen LogP contribution in [0, 0.1) is 32.5 Å². The van der Waals surface area contributed by atoms with Gasteiger partial charge in [-0.1, -0.05) is 215 Å². The summed E-state index contributed by atoms with van der Waals surface area (Å²) in [5.41, 5.74) is 0. The van der Waals surface area contributed by atoms with E-state index in [4.69, 9.17) is 61.2 Å². The van der Waals surface area contributed by atoms with Gasteiger partial charge >= 0.3 is 0 Å². The first kappa shape index (κ1) is 1130. The first-order valence-corrected chi connectivity index (χ1v) is 2.72. The van der Waals surface area contributed by atoms with E-state index in [1.165, 1.54) is 0 Å². The molecule has 0 amide bonds. The lowest BCUT2D eigenvalue weighted by molar-refractivity contribution is 0.562. The van der Waals surface area contributed by atoms with Crippen LogP contribution in [0.1, 0.15) is 215 Å². The highest BCUT2D eigenvalue weighted by Crippen LogP contribution is 0.883. The van der Waals surface area contributed by atoms with E-state index in [-0.39, 0.29) is 215 Å². The van der Waals surface area contributed by atoms with E-state index >= 15 is 0 Å². The molecule has 6 N–H and O–H groups in total. The SMILES string of the molecule is C.C.C.C.C.C.C.C.C.C.C.C.C.C.C.C.C.C.C.C.C.C.C.C.C.C.C.C.C.N=C=O.N=C=O.N=C=O.N=C=O.N=C=O.N=C=O. The monoisotopic (exact) mass is 723 g/mol. The standard InChI is InChI=1S/6CHNO.29CH4/c6*2-1-3;;;;;;;;;;;;;;;;;;;;;;;;;;;;;/h6*2H;29*1H4. The molecule has 328 valence electrons. The quantitative estimate of drug-likeness (QED) is 0.105. The topological polar surface area (TPSA) is 246 Å². The number of carbonyl (C=O) groups excluding carboxylic acids is 6. The van der Waals surface area contributed by atoms with Crippen LogP contribution in [-0.2, 0) is 28.8 Å². The van der Waals surface area contributed by atoms with Crippen LogP contribution in [0.4, 0.5) is 0 Å². The lowest BCUT2D eigenvalue weighted by Gasteiger charge is -1.02. The Morgan fingerprint density at radius 1 is 0.149 bits per heavy atom. The minimum atomic E-state index is 0. The van der Waals surface area contributed by atoms with E-state index in [1.807, 2.05) is 0 Å². The summed E-state index contributed by atoms with van der Waals surface area (Å²) in [7, 11) is 0. The molecule has 12 nitrogen and oxygen atoms in total.